The Morgan fingerprint density at radius 3 is 2.21 bits per heavy atom. The number of nitrogens with one attached hydrogen (secondary N) is 1. The molecule has 0 heterocycles. The van der Waals surface area contributed by atoms with Gasteiger partial charge in [0.25, 0.3) is 10.1 Å². The highest BCUT2D eigenvalue weighted by molar-refractivity contribution is 7.89. The molecule has 19 heavy (non-hydrogen) atoms. The quantitative estimate of drug-likeness (QED) is 0.552. The van der Waals surface area contributed by atoms with Gasteiger partial charge < -0.3 is 4.74 Å². The highest BCUT2D eigenvalue weighted by Crippen LogP contribution is 2.15. The molecule has 0 aliphatic carbocycles. The number of methoxy groups -OCH3 is 1. The first kappa shape index (κ1) is 15.9. The van der Waals surface area contributed by atoms with Crippen LogP contribution in [0.4, 0.5) is 0 Å². The van der Waals surface area contributed by atoms with Crippen LogP contribution in [0.3, 0.4) is 0 Å². The molecule has 7 nitrogen and oxygen atoms in total. The number of rotatable bonds is 7. The second-order valence-corrected chi connectivity index (χ2v) is 7.05. The lowest BCUT2D eigenvalue weighted by molar-refractivity contribution is 0.414. The summed E-state index contributed by atoms with van der Waals surface area (Å²) in [5.74, 6) is 0.0447. The summed E-state index contributed by atoms with van der Waals surface area (Å²) in [6.07, 6.45) is -0.00574. The normalized spacial score (nSPS) is 12.3. The van der Waals surface area contributed by atoms with Gasteiger partial charge in [0.05, 0.1) is 17.8 Å². The first-order valence-corrected chi connectivity index (χ1v) is 8.43. The van der Waals surface area contributed by atoms with E-state index >= 15 is 0 Å². The molecule has 0 aliphatic rings. The van der Waals surface area contributed by atoms with E-state index in [1.165, 1.54) is 31.4 Å². The van der Waals surface area contributed by atoms with Gasteiger partial charge in [0, 0.05) is 6.54 Å². The van der Waals surface area contributed by atoms with Gasteiger partial charge in [-0.05, 0) is 30.7 Å². The Morgan fingerprint density at radius 1 is 1.16 bits per heavy atom. The number of hydrogen-bond donors (Lipinski definition) is 2. The van der Waals surface area contributed by atoms with Crippen LogP contribution in [0.1, 0.15) is 6.42 Å². The Kier molecular flexibility index (Phi) is 5.29. The van der Waals surface area contributed by atoms with Crippen LogP contribution in [0.25, 0.3) is 0 Å². The molecule has 0 aliphatic heterocycles. The van der Waals surface area contributed by atoms with E-state index in [-0.39, 0.29) is 17.9 Å². The monoisotopic (exact) mass is 309 g/mol. The predicted octanol–water partition coefficient (Wildman–Crippen LogP) is 0.251. The van der Waals surface area contributed by atoms with Crippen molar-refractivity contribution in [3.05, 3.63) is 24.3 Å². The minimum Gasteiger partial charge on any atom is -0.497 e. The second kappa shape index (κ2) is 6.33. The van der Waals surface area contributed by atoms with Crippen LogP contribution in [0.15, 0.2) is 29.2 Å². The average molecular weight is 309 g/mol. The smallest absolute Gasteiger partial charge is 0.264 e. The maximum Gasteiger partial charge on any atom is 0.264 e. The third-order valence-electron chi connectivity index (χ3n) is 2.24. The molecule has 0 unspecified atom stereocenters. The largest absolute Gasteiger partial charge is 0.497 e. The lowest BCUT2D eigenvalue weighted by Gasteiger charge is -2.07. The number of ether oxygens (including phenoxy) is 1. The van der Waals surface area contributed by atoms with Crippen molar-refractivity contribution in [3.8, 4) is 5.75 Å². The zero-order chi connectivity index (χ0) is 14.5. The van der Waals surface area contributed by atoms with Crippen LogP contribution in [0.5, 0.6) is 5.75 Å². The lowest BCUT2D eigenvalue weighted by Crippen LogP contribution is -2.26. The van der Waals surface area contributed by atoms with E-state index < -0.39 is 25.9 Å². The van der Waals surface area contributed by atoms with Crippen LogP contribution in [0, 0.1) is 0 Å². The number of sulfonamides is 1. The SMILES string of the molecule is COc1ccc(S(=O)(=O)NCCCS(=O)(=O)O)cc1. The summed E-state index contributed by atoms with van der Waals surface area (Å²) in [4.78, 5) is 0.0557. The Labute approximate surface area is 112 Å². The van der Waals surface area contributed by atoms with E-state index in [9.17, 15) is 16.8 Å². The molecule has 9 heteroatoms. The Balaban J connectivity index is 2.60. The molecule has 0 saturated carbocycles. The maximum atomic E-state index is 11.8. The van der Waals surface area contributed by atoms with Crippen molar-refractivity contribution in [2.24, 2.45) is 0 Å². The molecular formula is C10H15NO6S2. The molecule has 0 saturated heterocycles. The van der Waals surface area contributed by atoms with E-state index in [0.29, 0.717) is 5.75 Å². The van der Waals surface area contributed by atoms with E-state index in [4.69, 9.17) is 9.29 Å². The molecule has 108 valence electrons. The maximum absolute atomic E-state index is 11.8. The first-order chi connectivity index (χ1) is 8.74. The van der Waals surface area contributed by atoms with E-state index in [2.05, 4.69) is 4.72 Å². The van der Waals surface area contributed by atoms with Crippen molar-refractivity contribution in [2.75, 3.05) is 19.4 Å². The van der Waals surface area contributed by atoms with Gasteiger partial charge in [0.1, 0.15) is 5.75 Å². The van der Waals surface area contributed by atoms with E-state index in [1.807, 2.05) is 0 Å². The average Bonchev–Trinajstić information content (AvgIpc) is 2.34. The van der Waals surface area contributed by atoms with Crippen LogP contribution in [0.2, 0.25) is 0 Å². The van der Waals surface area contributed by atoms with Crippen LogP contribution >= 0.6 is 0 Å². The van der Waals surface area contributed by atoms with Gasteiger partial charge >= 0.3 is 0 Å². The summed E-state index contributed by atoms with van der Waals surface area (Å²) in [7, 11) is -6.28. The summed E-state index contributed by atoms with van der Waals surface area (Å²) in [6, 6.07) is 5.77. The van der Waals surface area contributed by atoms with Crippen molar-refractivity contribution < 1.29 is 26.1 Å². The second-order valence-electron chi connectivity index (χ2n) is 3.71. The Morgan fingerprint density at radius 2 is 1.74 bits per heavy atom. The predicted molar refractivity (Wildman–Crippen MR) is 69.2 cm³/mol. The topological polar surface area (TPSA) is 110 Å². The van der Waals surface area contributed by atoms with Gasteiger partial charge in [-0.25, -0.2) is 13.1 Å². The van der Waals surface area contributed by atoms with Gasteiger partial charge in [-0.3, -0.25) is 4.55 Å². The fourth-order valence-corrected chi connectivity index (χ4v) is 2.88. The molecule has 1 aromatic carbocycles. The van der Waals surface area contributed by atoms with Gasteiger partial charge in [-0.15, -0.1) is 0 Å². The van der Waals surface area contributed by atoms with Crippen molar-refractivity contribution in [3.63, 3.8) is 0 Å². The Bertz CT molecular complexity index is 606. The molecule has 0 aromatic heterocycles. The van der Waals surface area contributed by atoms with Crippen molar-refractivity contribution in [2.45, 2.75) is 11.3 Å². The molecule has 0 fully saturated rings. The first-order valence-electron chi connectivity index (χ1n) is 5.33. The third kappa shape index (κ3) is 5.55. The number of hydrogen-bond acceptors (Lipinski definition) is 5. The van der Waals surface area contributed by atoms with Gasteiger partial charge in [-0.1, -0.05) is 0 Å². The van der Waals surface area contributed by atoms with Crippen LogP contribution < -0.4 is 9.46 Å². The van der Waals surface area contributed by atoms with Crippen molar-refractivity contribution in [1.29, 1.82) is 0 Å². The molecule has 0 radical (unpaired) electrons. The summed E-state index contributed by atoms with van der Waals surface area (Å²) in [6.45, 7) is -0.0752. The molecule has 2 N–H and O–H groups in total. The molecule has 1 aromatic rings. The van der Waals surface area contributed by atoms with Crippen LogP contribution in [-0.4, -0.2) is 40.8 Å². The third-order valence-corrected chi connectivity index (χ3v) is 4.52. The fraction of sp³-hybridized carbons (Fsp3) is 0.400. The minimum atomic E-state index is -4.07. The van der Waals surface area contributed by atoms with Crippen molar-refractivity contribution >= 4 is 20.1 Å². The number of benzene rings is 1. The zero-order valence-electron chi connectivity index (χ0n) is 10.2. The highest BCUT2D eigenvalue weighted by atomic mass is 32.2. The minimum absolute atomic E-state index is 0.00574. The summed E-state index contributed by atoms with van der Waals surface area (Å²) in [5.41, 5.74) is 0. The van der Waals surface area contributed by atoms with Gasteiger partial charge in [0.15, 0.2) is 0 Å². The molecule has 1 rings (SSSR count). The summed E-state index contributed by atoms with van der Waals surface area (Å²) in [5, 5.41) is 0. The van der Waals surface area contributed by atoms with Crippen LogP contribution in [-0.2, 0) is 20.1 Å². The van der Waals surface area contributed by atoms with E-state index in [1.54, 1.807) is 0 Å². The zero-order valence-corrected chi connectivity index (χ0v) is 11.9. The standard InChI is InChI=1S/C10H15NO6S2/c1-17-9-3-5-10(6-4-9)19(15,16)11-7-2-8-18(12,13)14/h3-6,11H,2,7-8H2,1H3,(H,12,13,14). The lowest BCUT2D eigenvalue weighted by atomic mass is 10.3. The fourth-order valence-electron chi connectivity index (χ4n) is 1.30. The van der Waals surface area contributed by atoms with Crippen molar-refractivity contribution in [1.82, 2.24) is 4.72 Å². The molecule has 0 bridgehead atoms. The molecule has 0 atom stereocenters. The highest BCUT2D eigenvalue weighted by Gasteiger charge is 2.13. The molecule has 0 amide bonds. The molecular weight excluding hydrogens is 294 g/mol. The van der Waals surface area contributed by atoms with E-state index in [0.717, 1.165) is 0 Å². The molecule has 0 spiro atoms. The van der Waals surface area contributed by atoms with Gasteiger partial charge in [0.2, 0.25) is 10.0 Å². The van der Waals surface area contributed by atoms with Gasteiger partial charge in [-0.2, -0.15) is 8.42 Å². The Hall–Kier alpha value is -1.16. The summed E-state index contributed by atoms with van der Waals surface area (Å²) >= 11 is 0. The summed E-state index contributed by atoms with van der Waals surface area (Å²) < 4.78 is 60.2.